The summed E-state index contributed by atoms with van der Waals surface area (Å²) in [6.45, 7) is 4.10. The van der Waals surface area contributed by atoms with Gasteiger partial charge >= 0.3 is 47.8 Å². The number of hydrogen-bond donors (Lipinski definition) is 0. The highest BCUT2D eigenvalue weighted by Gasteiger charge is 2.47. The van der Waals surface area contributed by atoms with Crippen molar-refractivity contribution in [3.05, 3.63) is 11.6 Å². The molecule has 228 valence electrons. The number of esters is 8. The van der Waals surface area contributed by atoms with Gasteiger partial charge in [0.2, 0.25) is 0 Å². The van der Waals surface area contributed by atoms with Crippen molar-refractivity contribution in [2.45, 2.75) is 84.5 Å². The summed E-state index contributed by atoms with van der Waals surface area (Å²) >= 11 is 0. The number of allylic oxidation sites excluding steroid dienone is 2. The van der Waals surface area contributed by atoms with Crippen LogP contribution in [0.3, 0.4) is 0 Å². The second-order valence-corrected chi connectivity index (χ2v) is 11.9. The Labute approximate surface area is 242 Å². The summed E-state index contributed by atoms with van der Waals surface area (Å²) in [6.07, 6.45) is 10.4. The first kappa shape index (κ1) is 31.2. The average Bonchev–Trinajstić information content (AvgIpc) is 3.65. The number of cyclic esters (lactones) is 8. The van der Waals surface area contributed by atoms with E-state index in [9.17, 15) is 38.4 Å². The molecule has 7 unspecified atom stereocenters. The molecule has 3 aliphatic carbocycles. The van der Waals surface area contributed by atoms with E-state index in [2.05, 4.69) is 25.9 Å². The van der Waals surface area contributed by atoms with Crippen molar-refractivity contribution in [3.8, 4) is 0 Å². The molecule has 0 amide bonds. The van der Waals surface area contributed by atoms with Gasteiger partial charge in [0.15, 0.2) is 0 Å². The van der Waals surface area contributed by atoms with Gasteiger partial charge in [0.05, 0.1) is 48.3 Å². The maximum Gasteiger partial charge on any atom is 0.317 e. The standard InChI is InChI=1S/C9H12O3.C9H10O3.C8H10O3.C4H4O3/c2*1-5-2-3-6-7(4-5)9(11)12-8(6)10;9-7-5-3-1-2-4-6(5)8(10)11-7;5-3-1-2-4(6)7-3/h5-7H,2-4H2,1H3;2,6-7H,3-4H2,1H3;5-6H,1-4H2;1-2H2. The van der Waals surface area contributed by atoms with Gasteiger partial charge in [-0.2, -0.15) is 0 Å². The maximum absolute atomic E-state index is 11.1. The molecule has 0 N–H and O–H groups in total. The van der Waals surface area contributed by atoms with E-state index in [1.165, 1.54) is 5.57 Å². The fourth-order valence-electron chi connectivity index (χ4n) is 6.38. The van der Waals surface area contributed by atoms with Gasteiger partial charge in [0, 0.05) is 0 Å². The zero-order valence-electron chi connectivity index (χ0n) is 23.8. The Morgan fingerprint density at radius 3 is 1.50 bits per heavy atom. The first-order chi connectivity index (χ1) is 19.9. The van der Waals surface area contributed by atoms with Crippen LogP contribution in [0.5, 0.6) is 0 Å². The van der Waals surface area contributed by atoms with Gasteiger partial charge in [0.1, 0.15) is 0 Å². The fourth-order valence-corrected chi connectivity index (χ4v) is 6.38. The zero-order chi connectivity index (χ0) is 30.6. The van der Waals surface area contributed by atoms with Crippen molar-refractivity contribution in [1.82, 2.24) is 0 Å². The first-order valence-corrected chi connectivity index (χ1v) is 14.6. The Balaban J connectivity index is 0.000000131. The van der Waals surface area contributed by atoms with Crippen LogP contribution in [0.15, 0.2) is 11.6 Å². The molecule has 0 radical (unpaired) electrons. The average molecular weight is 589 g/mol. The van der Waals surface area contributed by atoms with Crippen molar-refractivity contribution in [2.75, 3.05) is 0 Å². The molecule has 0 spiro atoms. The molecule has 4 heterocycles. The van der Waals surface area contributed by atoms with E-state index in [0.717, 1.165) is 44.9 Å². The molecule has 7 aliphatic rings. The number of rotatable bonds is 0. The van der Waals surface area contributed by atoms with Crippen LogP contribution >= 0.6 is 0 Å². The van der Waals surface area contributed by atoms with E-state index in [1.54, 1.807) is 0 Å². The van der Waals surface area contributed by atoms with Crippen LogP contribution < -0.4 is 0 Å². The molecule has 6 fully saturated rings. The lowest BCUT2D eigenvalue weighted by Gasteiger charge is -2.24. The van der Waals surface area contributed by atoms with E-state index in [4.69, 9.17) is 0 Å². The number of carbonyl (C=O) groups excluding carboxylic acids is 8. The van der Waals surface area contributed by atoms with Gasteiger partial charge in [-0.15, -0.1) is 0 Å². The Morgan fingerprint density at radius 2 is 1.00 bits per heavy atom. The highest BCUT2D eigenvalue weighted by molar-refractivity contribution is 5.98. The van der Waals surface area contributed by atoms with E-state index < -0.39 is 11.9 Å². The van der Waals surface area contributed by atoms with Gasteiger partial charge in [-0.25, -0.2) is 0 Å². The van der Waals surface area contributed by atoms with E-state index in [0.29, 0.717) is 18.8 Å². The van der Waals surface area contributed by atoms with Crippen LogP contribution in [-0.2, 0) is 57.3 Å². The van der Waals surface area contributed by atoms with Crippen LogP contribution in [-0.4, -0.2) is 47.8 Å². The summed E-state index contributed by atoms with van der Waals surface area (Å²) in [6, 6.07) is 0. The molecule has 0 aromatic carbocycles. The van der Waals surface area contributed by atoms with E-state index in [1.807, 2.05) is 13.0 Å². The Morgan fingerprint density at radius 1 is 0.548 bits per heavy atom. The summed E-state index contributed by atoms with van der Waals surface area (Å²) in [5.41, 5.74) is 1.18. The molecule has 42 heavy (non-hydrogen) atoms. The minimum atomic E-state index is -0.398. The largest absolute Gasteiger partial charge is 0.393 e. The van der Waals surface area contributed by atoms with Gasteiger partial charge in [0.25, 0.3) is 0 Å². The predicted octanol–water partition coefficient (Wildman–Crippen LogP) is 2.89. The molecule has 2 saturated carbocycles. The molecular weight excluding hydrogens is 552 g/mol. The number of ether oxygens (including phenoxy) is 4. The van der Waals surface area contributed by atoms with Crippen LogP contribution in [0, 0.1) is 41.4 Å². The second kappa shape index (κ2) is 13.5. The highest BCUT2D eigenvalue weighted by atomic mass is 16.6. The quantitative estimate of drug-likeness (QED) is 0.175. The summed E-state index contributed by atoms with van der Waals surface area (Å²) in [4.78, 5) is 86.3. The number of fused-ring (bicyclic) bond motifs is 3. The van der Waals surface area contributed by atoms with Crippen molar-refractivity contribution in [1.29, 1.82) is 0 Å². The van der Waals surface area contributed by atoms with Crippen molar-refractivity contribution in [3.63, 3.8) is 0 Å². The summed E-state index contributed by atoms with van der Waals surface area (Å²) < 4.78 is 17.7. The van der Waals surface area contributed by atoms with Crippen molar-refractivity contribution in [2.24, 2.45) is 41.4 Å². The van der Waals surface area contributed by atoms with E-state index in [-0.39, 0.29) is 84.2 Å². The minimum Gasteiger partial charge on any atom is -0.393 e. The third-order valence-electron chi connectivity index (χ3n) is 8.81. The maximum atomic E-state index is 11.1. The normalized spacial score (nSPS) is 34.4. The third-order valence-corrected chi connectivity index (χ3v) is 8.81. The lowest BCUT2D eigenvalue weighted by molar-refractivity contribution is -0.155. The van der Waals surface area contributed by atoms with Gasteiger partial charge in [-0.1, -0.05) is 31.4 Å². The first-order valence-electron chi connectivity index (χ1n) is 14.6. The summed E-state index contributed by atoms with van der Waals surface area (Å²) in [5, 5.41) is 0. The lowest BCUT2D eigenvalue weighted by Crippen LogP contribution is -2.25. The van der Waals surface area contributed by atoms with Crippen molar-refractivity contribution >= 4 is 47.8 Å². The number of hydrogen-bond acceptors (Lipinski definition) is 12. The molecule has 7 atom stereocenters. The smallest absolute Gasteiger partial charge is 0.317 e. The summed E-state index contributed by atoms with van der Waals surface area (Å²) in [5.74, 6) is -2.91. The lowest BCUT2D eigenvalue weighted by atomic mass is 9.76. The molecule has 4 aliphatic heterocycles. The SMILES string of the molecule is CC1=CCC2C(=O)OC(=O)C2C1.CC1CCC2C(=O)OC(=O)C2C1.O=C1CCC(=O)O1.O=C1OC(=O)C2CCCCC12. The molecule has 0 aromatic heterocycles. The molecule has 0 bridgehead atoms. The molecule has 12 heteroatoms. The van der Waals surface area contributed by atoms with Gasteiger partial charge in [-0.3, -0.25) is 38.4 Å². The van der Waals surface area contributed by atoms with Crippen LogP contribution in [0.25, 0.3) is 0 Å². The molecule has 7 rings (SSSR count). The second-order valence-electron chi connectivity index (χ2n) is 11.9. The molecule has 4 saturated heterocycles. The monoisotopic (exact) mass is 588 g/mol. The zero-order valence-corrected chi connectivity index (χ0v) is 23.8. The van der Waals surface area contributed by atoms with Gasteiger partial charge in [-0.05, 0) is 57.8 Å². The molecular formula is C30H36O12. The third kappa shape index (κ3) is 7.38. The summed E-state index contributed by atoms with van der Waals surface area (Å²) in [7, 11) is 0. The molecule has 12 nitrogen and oxygen atoms in total. The molecule has 0 aromatic rings. The van der Waals surface area contributed by atoms with Crippen LogP contribution in [0.2, 0.25) is 0 Å². The van der Waals surface area contributed by atoms with Gasteiger partial charge < -0.3 is 18.9 Å². The van der Waals surface area contributed by atoms with E-state index >= 15 is 0 Å². The van der Waals surface area contributed by atoms with Crippen LogP contribution in [0.4, 0.5) is 0 Å². The minimum absolute atomic E-state index is 0.101. The Bertz CT molecular complexity index is 1160. The number of carbonyl (C=O) groups is 8. The Kier molecular flexibility index (Phi) is 10.1. The van der Waals surface area contributed by atoms with Crippen molar-refractivity contribution < 1.29 is 57.3 Å². The van der Waals surface area contributed by atoms with Crippen LogP contribution in [0.1, 0.15) is 84.5 Å². The Hall–Kier alpha value is -3.70. The predicted molar refractivity (Wildman–Crippen MR) is 139 cm³/mol. The fraction of sp³-hybridized carbons (Fsp3) is 0.667. The highest BCUT2D eigenvalue weighted by Crippen LogP contribution is 2.39. The topological polar surface area (TPSA) is 173 Å².